The van der Waals surface area contributed by atoms with E-state index in [2.05, 4.69) is 5.32 Å². The summed E-state index contributed by atoms with van der Waals surface area (Å²) in [5, 5.41) is 3.49. The first-order valence-electron chi connectivity index (χ1n) is 6.88. The number of carbonyl (C=O) groups excluding carboxylic acids is 1. The van der Waals surface area contributed by atoms with Crippen molar-refractivity contribution in [2.45, 2.75) is 51.2 Å². The van der Waals surface area contributed by atoms with E-state index in [1.807, 2.05) is 11.8 Å². The molecule has 2 aliphatic rings. The molecular formula is C13H24N2O2. The zero-order valence-corrected chi connectivity index (χ0v) is 10.8. The maximum Gasteiger partial charge on any atom is 0.222 e. The highest BCUT2D eigenvalue weighted by Crippen LogP contribution is 2.13. The smallest absolute Gasteiger partial charge is 0.222 e. The summed E-state index contributed by atoms with van der Waals surface area (Å²) < 4.78 is 5.45. The van der Waals surface area contributed by atoms with Gasteiger partial charge in [-0.05, 0) is 32.7 Å². The first-order chi connectivity index (χ1) is 8.25. The van der Waals surface area contributed by atoms with E-state index in [4.69, 9.17) is 4.74 Å². The van der Waals surface area contributed by atoms with Gasteiger partial charge in [0, 0.05) is 25.6 Å². The molecule has 0 bridgehead atoms. The lowest BCUT2D eigenvalue weighted by atomic mass is 10.0. The van der Waals surface area contributed by atoms with E-state index in [-0.39, 0.29) is 6.10 Å². The number of carbonyl (C=O) groups is 1. The van der Waals surface area contributed by atoms with Crippen molar-refractivity contribution in [3.05, 3.63) is 0 Å². The van der Waals surface area contributed by atoms with Gasteiger partial charge in [0.2, 0.25) is 5.91 Å². The minimum absolute atomic E-state index is 0.195. The third kappa shape index (κ3) is 3.96. The third-order valence-corrected chi connectivity index (χ3v) is 3.71. The second kappa shape index (κ2) is 6.36. The Morgan fingerprint density at radius 3 is 3.06 bits per heavy atom. The van der Waals surface area contributed by atoms with E-state index in [0.29, 0.717) is 25.0 Å². The Kier molecular flexibility index (Phi) is 4.80. The van der Waals surface area contributed by atoms with Gasteiger partial charge in [-0.1, -0.05) is 6.42 Å². The average Bonchev–Trinajstić information content (AvgIpc) is 2.37. The van der Waals surface area contributed by atoms with Gasteiger partial charge in [-0.2, -0.15) is 0 Å². The number of morpholine rings is 1. The molecule has 2 saturated heterocycles. The SMILES string of the molecule is CC1CN(C(=O)CCC2CCCCN2)CCO1. The molecule has 1 N–H and O–H groups in total. The van der Waals surface area contributed by atoms with Crippen LogP contribution in [0.25, 0.3) is 0 Å². The summed E-state index contributed by atoms with van der Waals surface area (Å²) >= 11 is 0. The van der Waals surface area contributed by atoms with Gasteiger partial charge < -0.3 is 15.0 Å². The van der Waals surface area contributed by atoms with Gasteiger partial charge in [-0.3, -0.25) is 4.79 Å². The predicted molar refractivity (Wildman–Crippen MR) is 66.9 cm³/mol. The van der Waals surface area contributed by atoms with E-state index < -0.39 is 0 Å². The van der Waals surface area contributed by atoms with E-state index in [1.165, 1.54) is 19.3 Å². The molecule has 0 radical (unpaired) electrons. The molecule has 0 aromatic carbocycles. The van der Waals surface area contributed by atoms with E-state index >= 15 is 0 Å². The van der Waals surface area contributed by atoms with Crippen molar-refractivity contribution in [2.24, 2.45) is 0 Å². The predicted octanol–water partition coefficient (Wildman–Crippen LogP) is 1.16. The Morgan fingerprint density at radius 2 is 2.35 bits per heavy atom. The largest absolute Gasteiger partial charge is 0.375 e. The van der Waals surface area contributed by atoms with Crippen molar-refractivity contribution in [3.63, 3.8) is 0 Å². The molecule has 2 rings (SSSR count). The number of piperidine rings is 1. The Balaban J connectivity index is 1.69. The van der Waals surface area contributed by atoms with Gasteiger partial charge >= 0.3 is 0 Å². The number of nitrogens with one attached hydrogen (secondary N) is 1. The maximum absolute atomic E-state index is 12.0. The van der Waals surface area contributed by atoms with Crippen LogP contribution < -0.4 is 5.32 Å². The fourth-order valence-electron chi connectivity index (χ4n) is 2.67. The van der Waals surface area contributed by atoms with E-state index in [1.54, 1.807) is 0 Å². The minimum atomic E-state index is 0.195. The van der Waals surface area contributed by atoms with E-state index in [9.17, 15) is 4.79 Å². The monoisotopic (exact) mass is 240 g/mol. The highest BCUT2D eigenvalue weighted by Gasteiger charge is 2.22. The van der Waals surface area contributed by atoms with Crippen LogP contribution in [0.5, 0.6) is 0 Å². The number of ether oxygens (including phenoxy) is 1. The Hall–Kier alpha value is -0.610. The van der Waals surface area contributed by atoms with Gasteiger partial charge in [0.15, 0.2) is 0 Å². The Morgan fingerprint density at radius 1 is 1.47 bits per heavy atom. The molecule has 0 aromatic rings. The van der Waals surface area contributed by atoms with E-state index in [0.717, 1.165) is 26.1 Å². The van der Waals surface area contributed by atoms with Crippen LogP contribution in [0.4, 0.5) is 0 Å². The van der Waals surface area contributed by atoms with Gasteiger partial charge in [-0.15, -0.1) is 0 Å². The molecule has 2 atom stereocenters. The number of rotatable bonds is 3. The van der Waals surface area contributed by atoms with Crippen molar-refractivity contribution in [2.75, 3.05) is 26.2 Å². The maximum atomic E-state index is 12.0. The number of amides is 1. The topological polar surface area (TPSA) is 41.6 Å². The summed E-state index contributed by atoms with van der Waals surface area (Å²) in [5.74, 6) is 0.299. The molecule has 2 aliphatic heterocycles. The third-order valence-electron chi connectivity index (χ3n) is 3.71. The van der Waals surface area contributed by atoms with Crippen molar-refractivity contribution in [3.8, 4) is 0 Å². The standard InChI is InChI=1S/C13H24N2O2/c1-11-10-15(8-9-17-11)13(16)6-5-12-4-2-3-7-14-12/h11-12,14H,2-10H2,1H3. The highest BCUT2D eigenvalue weighted by atomic mass is 16.5. The second-order valence-electron chi connectivity index (χ2n) is 5.21. The van der Waals surface area contributed by atoms with Gasteiger partial charge in [-0.25, -0.2) is 0 Å². The van der Waals surface area contributed by atoms with Crippen LogP contribution in [0.1, 0.15) is 39.0 Å². The molecule has 98 valence electrons. The lowest BCUT2D eigenvalue weighted by Gasteiger charge is -2.32. The molecule has 1 amide bonds. The molecule has 0 aromatic heterocycles. The van der Waals surface area contributed by atoms with Crippen molar-refractivity contribution < 1.29 is 9.53 Å². The van der Waals surface area contributed by atoms with Crippen molar-refractivity contribution in [1.29, 1.82) is 0 Å². The quantitative estimate of drug-likeness (QED) is 0.805. The summed E-state index contributed by atoms with van der Waals surface area (Å²) in [6.07, 6.45) is 5.69. The normalized spacial score (nSPS) is 30.3. The molecule has 2 fully saturated rings. The average molecular weight is 240 g/mol. The van der Waals surface area contributed by atoms with Crippen molar-refractivity contribution in [1.82, 2.24) is 10.2 Å². The fourth-order valence-corrected chi connectivity index (χ4v) is 2.67. The van der Waals surface area contributed by atoms with Crippen LogP contribution in [-0.2, 0) is 9.53 Å². The molecule has 0 saturated carbocycles. The second-order valence-corrected chi connectivity index (χ2v) is 5.21. The van der Waals surface area contributed by atoms with Gasteiger partial charge in [0.25, 0.3) is 0 Å². The first kappa shape index (κ1) is 12.8. The molecular weight excluding hydrogens is 216 g/mol. The molecule has 2 heterocycles. The van der Waals surface area contributed by atoms with Gasteiger partial charge in [0.05, 0.1) is 12.7 Å². The van der Waals surface area contributed by atoms with Gasteiger partial charge in [0.1, 0.15) is 0 Å². The first-order valence-corrected chi connectivity index (χ1v) is 6.88. The van der Waals surface area contributed by atoms with Crippen LogP contribution in [0.15, 0.2) is 0 Å². The van der Waals surface area contributed by atoms with Crippen LogP contribution in [0.2, 0.25) is 0 Å². The molecule has 4 heteroatoms. The fraction of sp³-hybridized carbons (Fsp3) is 0.923. The van der Waals surface area contributed by atoms with Crippen LogP contribution in [0, 0.1) is 0 Å². The lowest BCUT2D eigenvalue weighted by molar-refractivity contribution is -0.138. The summed E-state index contributed by atoms with van der Waals surface area (Å²) in [6, 6.07) is 0.561. The summed E-state index contributed by atoms with van der Waals surface area (Å²) in [6.45, 7) is 5.36. The Labute approximate surface area is 104 Å². The molecule has 0 spiro atoms. The number of nitrogens with zero attached hydrogens (tertiary/aromatic N) is 1. The summed E-state index contributed by atoms with van der Waals surface area (Å²) in [7, 11) is 0. The summed E-state index contributed by atoms with van der Waals surface area (Å²) in [4.78, 5) is 14.0. The number of hydrogen-bond acceptors (Lipinski definition) is 3. The minimum Gasteiger partial charge on any atom is -0.375 e. The molecule has 4 nitrogen and oxygen atoms in total. The zero-order chi connectivity index (χ0) is 12.1. The van der Waals surface area contributed by atoms with Crippen molar-refractivity contribution >= 4 is 5.91 Å². The zero-order valence-electron chi connectivity index (χ0n) is 10.8. The molecule has 2 unspecified atom stereocenters. The van der Waals surface area contributed by atoms with Crippen LogP contribution >= 0.6 is 0 Å². The summed E-state index contributed by atoms with van der Waals surface area (Å²) in [5.41, 5.74) is 0. The van der Waals surface area contributed by atoms with Crippen LogP contribution in [-0.4, -0.2) is 49.2 Å². The lowest BCUT2D eigenvalue weighted by Crippen LogP contribution is -2.45. The van der Waals surface area contributed by atoms with Crippen LogP contribution in [0.3, 0.4) is 0 Å². The number of hydrogen-bond donors (Lipinski definition) is 1. The molecule has 0 aliphatic carbocycles. The highest BCUT2D eigenvalue weighted by molar-refractivity contribution is 5.76. The molecule has 17 heavy (non-hydrogen) atoms. The Bertz CT molecular complexity index is 252.